The number of esters is 1. The fourth-order valence-electron chi connectivity index (χ4n) is 4.20. The lowest BCUT2D eigenvalue weighted by Gasteiger charge is -2.32. The van der Waals surface area contributed by atoms with Crippen molar-refractivity contribution in [1.29, 1.82) is 0 Å². The van der Waals surface area contributed by atoms with Crippen LogP contribution in [0.2, 0.25) is 5.28 Å². The maximum absolute atomic E-state index is 13.1. The van der Waals surface area contributed by atoms with E-state index < -0.39 is 43.3 Å². The van der Waals surface area contributed by atoms with E-state index in [0.29, 0.717) is 11.2 Å². The minimum Gasteiger partial charge on any atom is -0.460 e. The summed E-state index contributed by atoms with van der Waals surface area (Å²) in [4.78, 5) is 24.8. The number of nitrogen functional groups attached to an aromatic ring is 1. The van der Waals surface area contributed by atoms with E-state index in [-0.39, 0.29) is 30.7 Å². The van der Waals surface area contributed by atoms with Crippen molar-refractivity contribution in [2.24, 2.45) is 0 Å². The molecule has 206 valence electrons. The number of aliphatic hydroxyl groups is 1. The molecule has 3 aromatic rings. The quantitative estimate of drug-likeness (QED) is 0.188. The van der Waals surface area contributed by atoms with Gasteiger partial charge in [0.1, 0.15) is 30.0 Å². The Labute approximate surface area is 225 Å². The van der Waals surface area contributed by atoms with Crippen LogP contribution >= 0.6 is 19.6 Å². The Morgan fingerprint density at radius 1 is 1.39 bits per heavy atom. The molecule has 1 saturated heterocycles. The molecule has 1 unspecified atom stereocenters. The Morgan fingerprint density at radius 2 is 2.11 bits per heavy atom. The first-order valence-electron chi connectivity index (χ1n) is 12.1. The van der Waals surface area contributed by atoms with Crippen molar-refractivity contribution in [2.75, 3.05) is 12.3 Å². The van der Waals surface area contributed by atoms with Gasteiger partial charge >= 0.3 is 5.97 Å². The van der Waals surface area contributed by atoms with E-state index in [9.17, 15) is 14.5 Å². The second-order valence-corrected chi connectivity index (χ2v) is 12.5. The fraction of sp³-hybridized carbons (Fsp3) is 0.500. The zero-order chi connectivity index (χ0) is 27.7. The topological polar surface area (TPSA) is 164 Å². The molecule has 1 aliphatic heterocycles. The van der Waals surface area contributed by atoms with Gasteiger partial charge in [0.25, 0.3) is 0 Å². The number of ether oxygens (including phenoxy) is 2. The van der Waals surface area contributed by atoms with Crippen LogP contribution in [0.3, 0.4) is 0 Å². The van der Waals surface area contributed by atoms with Crippen LogP contribution in [0.4, 0.5) is 5.82 Å². The number of rotatable bonds is 10. The third-order valence-corrected chi connectivity index (χ3v) is 8.16. The molecule has 3 heterocycles. The average molecular weight is 567 g/mol. The number of anilines is 1. The maximum atomic E-state index is 13.1. The smallest absolute Gasteiger partial charge is 0.323 e. The number of aromatic nitrogens is 4. The Morgan fingerprint density at radius 3 is 2.82 bits per heavy atom. The number of hydrogen-bond donors (Lipinski definition) is 3. The van der Waals surface area contributed by atoms with Crippen LogP contribution in [0.25, 0.3) is 11.2 Å². The summed E-state index contributed by atoms with van der Waals surface area (Å²) in [5.41, 5.74) is 6.32. The number of halogens is 1. The number of benzene rings is 1. The number of carbonyl (C=O) groups is 1. The van der Waals surface area contributed by atoms with Crippen LogP contribution < -0.4 is 11.1 Å². The molecule has 0 radical (unpaired) electrons. The highest BCUT2D eigenvalue weighted by Crippen LogP contribution is 2.43. The van der Waals surface area contributed by atoms with Crippen molar-refractivity contribution in [2.45, 2.75) is 70.0 Å². The molecule has 4 rings (SSSR count). The van der Waals surface area contributed by atoms with Gasteiger partial charge < -0.3 is 24.8 Å². The predicted molar refractivity (Wildman–Crippen MR) is 142 cm³/mol. The summed E-state index contributed by atoms with van der Waals surface area (Å²) >= 11 is 5.95. The van der Waals surface area contributed by atoms with Crippen LogP contribution in [0.15, 0.2) is 36.7 Å². The first-order valence-corrected chi connectivity index (χ1v) is 13.8. The van der Waals surface area contributed by atoms with Crippen molar-refractivity contribution in [1.82, 2.24) is 24.8 Å². The molecule has 12 nitrogen and oxygen atoms in total. The highest BCUT2D eigenvalue weighted by Gasteiger charge is 2.47. The van der Waals surface area contributed by atoms with E-state index in [1.165, 1.54) is 6.33 Å². The van der Waals surface area contributed by atoms with Crippen molar-refractivity contribution in [3.05, 3.63) is 47.5 Å². The largest absolute Gasteiger partial charge is 0.460 e. The summed E-state index contributed by atoms with van der Waals surface area (Å²) in [7, 11) is -2.76. The minimum absolute atomic E-state index is 0.0344. The van der Waals surface area contributed by atoms with Crippen LogP contribution in [-0.4, -0.2) is 60.2 Å². The van der Waals surface area contributed by atoms with Gasteiger partial charge in [-0.2, -0.15) is 9.97 Å². The van der Waals surface area contributed by atoms with Gasteiger partial charge in [-0.25, -0.2) is 4.98 Å². The number of nitrogens with one attached hydrogen (secondary N) is 1. The van der Waals surface area contributed by atoms with Crippen LogP contribution in [-0.2, 0) is 30.0 Å². The molecule has 4 N–H and O–H groups in total. The van der Waals surface area contributed by atoms with Crippen molar-refractivity contribution >= 4 is 42.6 Å². The standard InChI is InChI=1S/C24H32ClN6O6P/c1-14(21(33)35-11-15-8-6-5-7-9-15)30-23(2,3)38(34)36-12-24(4)16(32)10-17(37-24)31-13-27-18-19(26)28-22(25)29-20(18)31/h5-9,13-14,16-17,30,32,38H,10-12H2,1-4H3,(H2,26,28,29)/t14-,16-,17+,24+/m0/s1. The summed E-state index contributed by atoms with van der Waals surface area (Å²) in [5, 5.41) is 12.8. The summed E-state index contributed by atoms with van der Waals surface area (Å²) in [5.74, 6) is -0.340. The number of fused-ring (bicyclic) bond motifs is 1. The highest BCUT2D eigenvalue weighted by molar-refractivity contribution is 7.41. The molecule has 14 heteroatoms. The van der Waals surface area contributed by atoms with Gasteiger partial charge in [-0.3, -0.25) is 19.2 Å². The Balaban J connectivity index is 1.34. The molecule has 1 fully saturated rings. The summed E-state index contributed by atoms with van der Waals surface area (Å²) in [6.45, 7) is 6.66. The molecular formula is C24H32ClN6O6P. The molecular weight excluding hydrogens is 535 g/mol. The zero-order valence-electron chi connectivity index (χ0n) is 21.6. The van der Waals surface area contributed by atoms with E-state index in [1.54, 1.807) is 32.3 Å². The Hall–Kier alpha value is -2.60. The number of carbonyl (C=O) groups excluding carboxylic acids is 1. The van der Waals surface area contributed by atoms with E-state index in [0.717, 1.165) is 5.56 Å². The number of imidazole rings is 1. The second kappa shape index (κ2) is 11.3. The lowest BCUT2D eigenvalue weighted by atomic mass is 10.0. The lowest BCUT2D eigenvalue weighted by Crippen LogP contribution is -2.47. The van der Waals surface area contributed by atoms with Gasteiger partial charge in [0.15, 0.2) is 11.5 Å². The number of aliphatic hydroxyl groups excluding tert-OH is 1. The SMILES string of the molecule is C[C@H](NC(C)(C)[PH](=O)OC[C@@]1(C)O[C@@H](n2cnc3c(N)nc(Cl)nc32)C[C@@H]1O)C(=O)OCc1ccccc1. The summed E-state index contributed by atoms with van der Waals surface area (Å²) < 4.78 is 32.0. The van der Waals surface area contributed by atoms with Crippen LogP contribution in [0.5, 0.6) is 0 Å². The molecule has 38 heavy (non-hydrogen) atoms. The number of hydrogen-bond acceptors (Lipinski definition) is 11. The molecule has 5 atom stereocenters. The average Bonchev–Trinajstić information content (AvgIpc) is 3.42. The number of nitrogens with zero attached hydrogens (tertiary/aromatic N) is 4. The van der Waals surface area contributed by atoms with Gasteiger partial charge in [0.2, 0.25) is 13.3 Å². The van der Waals surface area contributed by atoms with Crippen LogP contribution in [0.1, 0.15) is 45.9 Å². The first-order chi connectivity index (χ1) is 17.9. The minimum atomic E-state index is -2.76. The van der Waals surface area contributed by atoms with E-state index in [2.05, 4.69) is 20.3 Å². The van der Waals surface area contributed by atoms with E-state index in [4.69, 9.17) is 31.3 Å². The fourth-order valence-corrected chi connectivity index (χ4v) is 5.49. The molecule has 2 aromatic heterocycles. The van der Waals surface area contributed by atoms with Crippen molar-refractivity contribution in [3.8, 4) is 0 Å². The third-order valence-electron chi connectivity index (χ3n) is 6.42. The maximum Gasteiger partial charge on any atom is 0.323 e. The first kappa shape index (κ1) is 28.4. The monoisotopic (exact) mass is 566 g/mol. The molecule has 0 saturated carbocycles. The third kappa shape index (κ3) is 6.17. The normalized spacial score (nSPS) is 23.4. The van der Waals surface area contributed by atoms with Crippen molar-refractivity contribution in [3.63, 3.8) is 0 Å². The van der Waals surface area contributed by atoms with Gasteiger partial charge in [-0.05, 0) is 44.9 Å². The predicted octanol–water partition coefficient (Wildman–Crippen LogP) is 3.05. The molecule has 0 aliphatic carbocycles. The van der Waals surface area contributed by atoms with E-state index in [1.807, 2.05) is 30.3 Å². The molecule has 0 amide bonds. The van der Waals surface area contributed by atoms with Gasteiger partial charge in [-0.1, -0.05) is 30.3 Å². The lowest BCUT2D eigenvalue weighted by molar-refractivity contribution is -0.147. The molecule has 1 aromatic carbocycles. The Bertz CT molecular complexity index is 1320. The number of nitrogens with two attached hydrogens (primary N) is 1. The summed E-state index contributed by atoms with van der Waals surface area (Å²) in [6.07, 6.45) is 0.128. The van der Waals surface area contributed by atoms with Gasteiger partial charge in [0, 0.05) is 6.42 Å². The van der Waals surface area contributed by atoms with Crippen molar-refractivity contribution < 1.29 is 28.5 Å². The Kier molecular flexibility index (Phi) is 8.41. The van der Waals surface area contributed by atoms with Crippen LogP contribution in [0, 0.1) is 0 Å². The van der Waals surface area contributed by atoms with Gasteiger partial charge in [-0.15, -0.1) is 0 Å². The summed E-state index contributed by atoms with van der Waals surface area (Å²) in [6, 6.07) is 8.61. The second-order valence-electron chi connectivity index (χ2n) is 10.00. The molecule has 0 spiro atoms. The van der Waals surface area contributed by atoms with Gasteiger partial charge in [0.05, 0.1) is 24.3 Å². The zero-order valence-corrected chi connectivity index (χ0v) is 23.3. The van der Waals surface area contributed by atoms with E-state index >= 15 is 0 Å². The highest BCUT2D eigenvalue weighted by atomic mass is 35.5. The molecule has 1 aliphatic rings. The molecule has 0 bridgehead atoms.